The van der Waals surface area contributed by atoms with E-state index in [2.05, 4.69) is 11.9 Å². The Labute approximate surface area is 160 Å². The first kappa shape index (κ1) is 20.9. The Morgan fingerprint density at radius 2 is 2.22 bits per heavy atom. The summed E-state index contributed by atoms with van der Waals surface area (Å²) in [5.74, 6) is -0.252. The Morgan fingerprint density at radius 3 is 2.81 bits per heavy atom. The summed E-state index contributed by atoms with van der Waals surface area (Å²) in [5.41, 5.74) is 1.35. The summed E-state index contributed by atoms with van der Waals surface area (Å²) in [6.07, 6.45) is 0.0602. The maximum absolute atomic E-state index is 14.3. The fourth-order valence-electron chi connectivity index (χ4n) is 3.17. The number of hydrogen-bond acceptors (Lipinski definition) is 4. The van der Waals surface area contributed by atoms with Gasteiger partial charge in [-0.05, 0) is 19.9 Å². The summed E-state index contributed by atoms with van der Waals surface area (Å²) in [6, 6.07) is 4.05. The van der Waals surface area contributed by atoms with E-state index in [1.807, 2.05) is 18.7 Å². The van der Waals surface area contributed by atoms with Crippen LogP contribution in [0.5, 0.6) is 5.75 Å². The Kier molecular flexibility index (Phi) is 7.36. The van der Waals surface area contributed by atoms with Crippen LogP contribution < -0.4 is 10.1 Å². The molecule has 0 saturated carbocycles. The van der Waals surface area contributed by atoms with Crippen molar-refractivity contribution in [2.45, 2.75) is 32.9 Å². The summed E-state index contributed by atoms with van der Waals surface area (Å²) in [4.78, 5) is 28.6. The van der Waals surface area contributed by atoms with Crippen molar-refractivity contribution in [3.05, 3.63) is 41.7 Å². The molecule has 1 fully saturated rings. The van der Waals surface area contributed by atoms with Crippen molar-refractivity contribution >= 4 is 11.8 Å². The number of piperazine rings is 1. The van der Waals surface area contributed by atoms with Gasteiger partial charge in [-0.25, -0.2) is 4.39 Å². The molecule has 0 aromatic heterocycles. The van der Waals surface area contributed by atoms with Crippen LogP contribution in [0.3, 0.4) is 0 Å². The molecule has 0 unspecified atom stereocenters. The van der Waals surface area contributed by atoms with Crippen LogP contribution in [-0.2, 0) is 16.1 Å². The predicted molar refractivity (Wildman–Crippen MR) is 102 cm³/mol. The molecule has 1 atom stereocenters. The molecule has 0 aliphatic carbocycles. The number of benzene rings is 1. The number of halogens is 1. The molecule has 1 aliphatic heterocycles. The van der Waals surface area contributed by atoms with Crippen LogP contribution in [0.25, 0.3) is 0 Å². The number of hydrogen-bond donors (Lipinski definition) is 1. The molecule has 0 spiro atoms. The molecule has 1 aliphatic rings. The molecular weight excluding hydrogens is 349 g/mol. The lowest BCUT2D eigenvalue weighted by atomic mass is 10.1. The van der Waals surface area contributed by atoms with Crippen LogP contribution in [0, 0.1) is 5.82 Å². The molecule has 1 heterocycles. The van der Waals surface area contributed by atoms with E-state index in [9.17, 15) is 14.0 Å². The van der Waals surface area contributed by atoms with Crippen molar-refractivity contribution in [3.8, 4) is 5.75 Å². The second kappa shape index (κ2) is 9.50. The van der Waals surface area contributed by atoms with Crippen LogP contribution in [-0.4, -0.2) is 60.9 Å². The smallest absolute Gasteiger partial charge is 0.237 e. The van der Waals surface area contributed by atoms with Gasteiger partial charge in [-0.1, -0.05) is 18.2 Å². The number of rotatable bonds is 8. The van der Waals surface area contributed by atoms with E-state index in [-0.39, 0.29) is 30.6 Å². The number of nitrogens with one attached hydrogen (secondary N) is 1. The van der Waals surface area contributed by atoms with Gasteiger partial charge in [-0.2, -0.15) is 0 Å². The topological polar surface area (TPSA) is 61.9 Å². The first-order chi connectivity index (χ1) is 12.8. The largest absolute Gasteiger partial charge is 0.497 e. The van der Waals surface area contributed by atoms with Crippen molar-refractivity contribution in [2.75, 3.05) is 33.3 Å². The molecule has 1 N–H and O–H groups in total. The molecule has 7 heteroatoms. The molecule has 0 bridgehead atoms. The molecule has 6 nitrogen and oxygen atoms in total. The highest BCUT2D eigenvalue weighted by atomic mass is 19.1. The van der Waals surface area contributed by atoms with E-state index in [0.717, 1.165) is 5.57 Å². The molecule has 2 rings (SSSR count). The minimum atomic E-state index is -0.619. The van der Waals surface area contributed by atoms with E-state index >= 15 is 0 Å². The van der Waals surface area contributed by atoms with E-state index in [0.29, 0.717) is 37.5 Å². The zero-order chi connectivity index (χ0) is 20.0. The Hall–Kier alpha value is -2.41. The number of amides is 2. The van der Waals surface area contributed by atoms with Crippen LogP contribution in [0.15, 0.2) is 30.4 Å². The third-order valence-electron chi connectivity index (χ3n) is 4.64. The monoisotopic (exact) mass is 377 g/mol. The van der Waals surface area contributed by atoms with Crippen LogP contribution in [0.2, 0.25) is 0 Å². The van der Waals surface area contributed by atoms with E-state index < -0.39 is 6.04 Å². The lowest BCUT2D eigenvalue weighted by Crippen LogP contribution is -2.56. The lowest BCUT2D eigenvalue weighted by Gasteiger charge is -2.35. The predicted octanol–water partition coefficient (Wildman–Crippen LogP) is 1.95. The van der Waals surface area contributed by atoms with Gasteiger partial charge in [0.25, 0.3) is 0 Å². The van der Waals surface area contributed by atoms with Crippen molar-refractivity contribution in [1.82, 2.24) is 15.1 Å². The molecule has 27 heavy (non-hydrogen) atoms. The molecule has 148 valence electrons. The van der Waals surface area contributed by atoms with Gasteiger partial charge >= 0.3 is 0 Å². The second-order valence-corrected chi connectivity index (χ2v) is 6.80. The molecule has 1 aromatic rings. The zero-order valence-electron chi connectivity index (χ0n) is 16.3. The van der Waals surface area contributed by atoms with Gasteiger partial charge in [0.1, 0.15) is 11.6 Å². The molecular formula is C20H28FN3O3. The minimum Gasteiger partial charge on any atom is -0.497 e. The second-order valence-electron chi connectivity index (χ2n) is 6.80. The standard InChI is InChI=1S/C20H28FN3O3/c1-5-23(12-14(2)3)19(25)11-18-20(26)22-8-9-24(18)13-15-6-7-16(27-4)10-17(15)21/h6-7,10,18H,2,5,8-9,11-13H2,1,3-4H3,(H,22,26)/t18-/m1/s1. The summed E-state index contributed by atoms with van der Waals surface area (Å²) in [5, 5.41) is 2.80. The van der Waals surface area contributed by atoms with Gasteiger partial charge in [0.15, 0.2) is 0 Å². The fraction of sp³-hybridized carbons (Fsp3) is 0.500. The first-order valence-electron chi connectivity index (χ1n) is 9.12. The Morgan fingerprint density at radius 1 is 1.48 bits per heavy atom. The van der Waals surface area contributed by atoms with Gasteiger partial charge in [0, 0.05) is 44.4 Å². The van der Waals surface area contributed by atoms with E-state index in [4.69, 9.17) is 4.74 Å². The van der Waals surface area contributed by atoms with Crippen molar-refractivity contribution in [2.24, 2.45) is 0 Å². The fourth-order valence-corrected chi connectivity index (χ4v) is 3.17. The van der Waals surface area contributed by atoms with Crippen LogP contribution in [0.4, 0.5) is 4.39 Å². The average molecular weight is 377 g/mol. The Bertz CT molecular complexity index is 708. The lowest BCUT2D eigenvalue weighted by molar-refractivity contribution is -0.138. The highest BCUT2D eigenvalue weighted by molar-refractivity contribution is 5.89. The highest BCUT2D eigenvalue weighted by Gasteiger charge is 2.33. The number of carbonyl (C=O) groups excluding carboxylic acids is 2. The van der Waals surface area contributed by atoms with Crippen molar-refractivity contribution in [3.63, 3.8) is 0 Å². The summed E-state index contributed by atoms with van der Waals surface area (Å²) >= 11 is 0. The average Bonchev–Trinajstić information content (AvgIpc) is 2.63. The molecule has 0 radical (unpaired) electrons. The van der Waals surface area contributed by atoms with Gasteiger partial charge in [-0.3, -0.25) is 14.5 Å². The summed E-state index contributed by atoms with van der Waals surface area (Å²) < 4.78 is 19.3. The SMILES string of the molecule is C=C(C)CN(CC)C(=O)C[C@@H]1C(=O)NCCN1Cc1ccc(OC)cc1F. The maximum atomic E-state index is 14.3. The third kappa shape index (κ3) is 5.53. The van der Waals surface area contributed by atoms with Crippen LogP contribution in [0.1, 0.15) is 25.8 Å². The number of methoxy groups -OCH3 is 1. The van der Waals surface area contributed by atoms with Gasteiger partial charge in [0.2, 0.25) is 11.8 Å². The molecule has 1 aromatic carbocycles. The Balaban J connectivity index is 2.13. The zero-order valence-corrected chi connectivity index (χ0v) is 16.3. The minimum absolute atomic E-state index is 0.0602. The quantitative estimate of drug-likeness (QED) is 0.704. The maximum Gasteiger partial charge on any atom is 0.237 e. The summed E-state index contributed by atoms with van der Waals surface area (Å²) in [6.45, 7) is 9.91. The molecule has 2 amide bonds. The molecule has 1 saturated heterocycles. The van der Waals surface area contributed by atoms with E-state index in [1.54, 1.807) is 17.0 Å². The van der Waals surface area contributed by atoms with Crippen molar-refractivity contribution < 1.29 is 18.7 Å². The third-order valence-corrected chi connectivity index (χ3v) is 4.64. The summed E-state index contributed by atoms with van der Waals surface area (Å²) in [7, 11) is 1.48. The van der Waals surface area contributed by atoms with Crippen molar-refractivity contribution in [1.29, 1.82) is 0 Å². The number of nitrogens with zero attached hydrogens (tertiary/aromatic N) is 2. The van der Waals surface area contributed by atoms with Gasteiger partial charge < -0.3 is 15.0 Å². The van der Waals surface area contributed by atoms with Gasteiger partial charge in [0.05, 0.1) is 19.6 Å². The number of ether oxygens (including phenoxy) is 1. The first-order valence-corrected chi connectivity index (χ1v) is 9.12. The number of likely N-dealkylation sites (N-methyl/N-ethyl adjacent to an activating group) is 1. The normalized spacial score (nSPS) is 17.3. The number of carbonyl (C=O) groups is 2. The van der Waals surface area contributed by atoms with Crippen LogP contribution >= 0.6 is 0 Å². The van der Waals surface area contributed by atoms with E-state index in [1.165, 1.54) is 13.2 Å². The van der Waals surface area contributed by atoms with Gasteiger partial charge in [-0.15, -0.1) is 0 Å². The highest BCUT2D eigenvalue weighted by Crippen LogP contribution is 2.20.